The Morgan fingerprint density at radius 1 is 1.26 bits per heavy atom. The van der Waals surface area contributed by atoms with E-state index in [2.05, 4.69) is 10.3 Å². The Hall–Kier alpha value is -3.14. The molecular weight excluding hydrogens is 478 g/mol. The number of ether oxygens (including phenoxy) is 3. The highest BCUT2D eigenvalue weighted by molar-refractivity contribution is 7.09. The number of aromatic nitrogens is 1. The second-order valence-electron chi connectivity index (χ2n) is 7.63. The summed E-state index contributed by atoms with van der Waals surface area (Å²) in [7, 11) is 3.17. The fourth-order valence-electron chi connectivity index (χ4n) is 3.57. The minimum absolute atomic E-state index is 0.178. The van der Waals surface area contributed by atoms with Crippen LogP contribution in [0.1, 0.15) is 11.9 Å². The molecule has 3 aromatic rings. The molecule has 8 nitrogen and oxygen atoms in total. The third-order valence-corrected chi connectivity index (χ3v) is 6.48. The van der Waals surface area contributed by atoms with Crippen molar-refractivity contribution in [1.29, 1.82) is 0 Å². The van der Waals surface area contributed by atoms with E-state index in [0.29, 0.717) is 34.5 Å². The molecule has 2 heterocycles. The number of hydrogen-bond acceptors (Lipinski definition) is 7. The SMILES string of the molecule is COCCc1nc(-c2ccc3c(c2)N(CC(=O)Nc2ccc(OC)c(Cl)c2)C(=O)C(C)O3)cs1. The first-order chi connectivity index (χ1) is 16.4. The summed E-state index contributed by atoms with van der Waals surface area (Å²) in [6.07, 6.45) is 0.0221. The maximum Gasteiger partial charge on any atom is 0.268 e. The number of methoxy groups -OCH3 is 2. The zero-order chi connectivity index (χ0) is 24.2. The molecular formula is C24H24ClN3O5S. The van der Waals surface area contributed by atoms with E-state index in [1.54, 1.807) is 49.6 Å². The molecule has 1 N–H and O–H groups in total. The summed E-state index contributed by atoms with van der Waals surface area (Å²) in [5.41, 5.74) is 2.65. The smallest absolute Gasteiger partial charge is 0.268 e. The Morgan fingerprint density at radius 2 is 2.09 bits per heavy atom. The Bertz CT molecular complexity index is 1220. The van der Waals surface area contributed by atoms with E-state index in [0.717, 1.165) is 22.7 Å². The number of benzene rings is 2. The van der Waals surface area contributed by atoms with Crippen LogP contribution < -0.4 is 19.7 Å². The van der Waals surface area contributed by atoms with Crippen molar-refractivity contribution in [3.8, 4) is 22.8 Å². The maximum absolute atomic E-state index is 12.9. The van der Waals surface area contributed by atoms with Gasteiger partial charge in [-0.2, -0.15) is 0 Å². The van der Waals surface area contributed by atoms with Crippen LogP contribution in [0.5, 0.6) is 11.5 Å². The minimum atomic E-state index is -0.707. The van der Waals surface area contributed by atoms with E-state index < -0.39 is 6.10 Å². The van der Waals surface area contributed by atoms with Crippen molar-refractivity contribution in [1.82, 2.24) is 4.98 Å². The maximum atomic E-state index is 12.9. The third-order valence-electron chi connectivity index (χ3n) is 5.27. The molecule has 34 heavy (non-hydrogen) atoms. The van der Waals surface area contributed by atoms with Crippen molar-refractivity contribution < 1.29 is 23.8 Å². The standard InChI is InChI=1S/C24H24ClN3O5S/c1-14-24(30)28(12-22(29)26-16-5-7-20(32-3)17(25)11-16)19-10-15(4-6-21(19)33-14)18-13-34-23(27-18)8-9-31-2/h4-7,10-11,13-14H,8-9,12H2,1-3H3,(H,26,29). The van der Waals surface area contributed by atoms with Crippen LogP contribution in [0.3, 0.4) is 0 Å². The summed E-state index contributed by atoms with van der Waals surface area (Å²) in [5.74, 6) is 0.374. The van der Waals surface area contributed by atoms with Crippen LogP contribution in [0.4, 0.5) is 11.4 Å². The summed E-state index contributed by atoms with van der Waals surface area (Å²) < 4.78 is 16.0. The number of carbonyl (C=O) groups is 2. The zero-order valence-corrected chi connectivity index (χ0v) is 20.5. The van der Waals surface area contributed by atoms with E-state index in [-0.39, 0.29) is 18.4 Å². The highest BCUT2D eigenvalue weighted by Gasteiger charge is 2.33. The fraction of sp³-hybridized carbons (Fsp3) is 0.292. The molecule has 1 aliphatic heterocycles. The number of nitrogens with one attached hydrogen (secondary N) is 1. The summed E-state index contributed by atoms with van der Waals surface area (Å²) in [6, 6.07) is 10.5. The normalized spacial score (nSPS) is 15.0. The van der Waals surface area contributed by atoms with Crippen molar-refractivity contribution in [2.75, 3.05) is 37.6 Å². The number of amides is 2. The van der Waals surface area contributed by atoms with Gasteiger partial charge in [0.05, 0.1) is 35.1 Å². The zero-order valence-electron chi connectivity index (χ0n) is 19.0. The van der Waals surface area contributed by atoms with Crippen LogP contribution in [-0.4, -0.2) is 50.3 Å². The first-order valence-electron chi connectivity index (χ1n) is 10.6. The lowest BCUT2D eigenvalue weighted by molar-refractivity contribution is -0.127. The molecule has 0 fully saturated rings. The van der Waals surface area contributed by atoms with Crippen molar-refractivity contribution in [2.45, 2.75) is 19.4 Å². The molecule has 0 saturated heterocycles. The van der Waals surface area contributed by atoms with Gasteiger partial charge in [-0.1, -0.05) is 11.6 Å². The van der Waals surface area contributed by atoms with E-state index in [1.165, 1.54) is 12.0 Å². The van der Waals surface area contributed by atoms with Crippen LogP contribution in [0.2, 0.25) is 5.02 Å². The van der Waals surface area contributed by atoms with E-state index >= 15 is 0 Å². The van der Waals surface area contributed by atoms with Crippen LogP contribution >= 0.6 is 22.9 Å². The molecule has 178 valence electrons. The lowest BCUT2D eigenvalue weighted by atomic mass is 10.1. The molecule has 10 heteroatoms. The van der Waals surface area contributed by atoms with Gasteiger partial charge < -0.3 is 19.5 Å². The average molecular weight is 502 g/mol. The summed E-state index contributed by atoms with van der Waals surface area (Å²) in [6.45, 7) is 2.08. The predicted octanol–water partition coefficient (Wildman–Crippen LogP) is 4.41. The van der Waals surface area contributed by atoms with Gasteiger partial charge in [0.1, 0.15) is 18.0 Å². The highest BCUT2D eigenvalue weighted by Crippen LogP contribution is 2.38. The highest BCUT2D eigenvalue weighted by atomic mass is 35.5. The number of fused-ring (bicyclic) bond motifs is 1. The van der Waals surface area contributed by atoms with Gasteiger partial charge in [0.15, 0.2) is 6.10 Å². The van der Waals surface area contributed by atoms with Crippen LogP contribution in [0.15, 0.2) is 41.8 Å². The second kappa shape index (κ2) is 10.4. The molecule has 1 aromatic heterocycles. The Kier molecular flexibility index (Phi) is 7.35. The molecule has 2 amide bonds. The third kappa shape index (κ3) is 5.16. The summed E-state index contributed by atoms with van der Waals surface area (Å²) >= 11 is 7.70. The molecule has 0 bridgehead atoms. The largest absolute Gasteiger partial charge is 0.495 e. The molecule has 0 spiro atoms. The number of rotatable bonds is 8. The average Bonchev–Trinajstić information content (AvgIpc) is 3.29. The number of nitrogens with zero attached hydrogens (tertiary/aromatic N) is 2. The van der Waals surface area contributed by atoms with Gasteiger partial charge in [0.25, 0.3) is 5.91 Å². The first-order valence-corrected chi connectivity index (χ1v) is 11.8. The lowest BCUT2D eigenvalue weighted by Gasteiger charge is -2.32. The molecule has 0 radical (unpaired) electrons. The summed E-state index contributed by atoms with van der Waals surface area (Å²) in [4.78, 5) is 31.9. The van der Waals surface area contributed by atoms with Crippen molar-refractivity contribution >= 4 is 46.1 Å². The number of hydrogen-bond donors (Lipinski definition) is 1. The molecule has 1 atom stereocenters. The van der Waals surface area contributed by atoms with Crippen LogP contribution in [0, 0.1) is 0 Å². The van der Waals surface area contributed by atoms with Crippen molar-refractivity contribution in [2.24, 2.45) is 0 Å². The Balaban J connectivity index is 1.56. The lowest BCUT2D eigenvalue weighted by Crippen LogP contribution is -2.47. The number of thiazole rings is 1. The molecule has 4 rings (SSSR count). The van der Waals surface area contributed by atoms with Gasteiger partial charge in [-0.25, -0.2) is 4.98 Å². The number of anilines is 2. The molecule has 0 aliphatic carbocycles. The van der Waals surface area contributed by atoms with Gasteiger partial charge in [-0.3, -0.25) is 14.5 Å². The molecule has 0 saturated carbocycles. The Morgan fingerprint density at radius 3 is 2.82 bits per heavy atom. The molecule has 1 aliphatic rings. The molecule has 2 aromatic carbocycles. The van der Waals surface area contributed by atoms with E-state index in [4.69, 9.17) is 25.8 Å². The topological polar surface area (TPSA) is 90.0 Å². The Labute approximate surface area is 206 Å². The molecule has 1 unspecified atom stereocenters. The van der Waals surface area contributed by atoms with Crippen molar-refractivity contribution in [3.05, 3.63) is 51.8 Å². The fourth-order valence-corrected chi connectivity index (χ4v) is 4.61. The van der Waals surface area contributed by atoms with E-state index in [9.17, 15) is 9.59 Å². The van der Waals surface area contributed by atoms with Gasteiger partial charge >= 0.3 is 0 Å². The summed E-state index contributed by atoms with van der Waals surface area (Å²) in [5, 5.41) is 6.08. The quantitative estimate of drug-likeness (QED) is 0.491. The van der Waals surface area contributed by atoms with Gasteiger partial charge in [-0.15, -0.1) is 11.3 Å². The number of halogens is 1. The predicted molar refractivity (Wildman–Crippen MR) is 132 cm³/mol. The first kappa shape index (κ1) is 24.0. The minimum Gasteiger partial charge on any atom is -0.495 e. The van der Waals surface area contributed by atoms with Crippen LogP contribution in [-0.2, 0) is 20.7 Å². The number of carbonyl (C=O) groups excluding carboxylic acids is 2. The van der Waals surface area contributed by atoms with Gasteiger partial charge in [0, 0.05) is 30.2 Å². The van der Waals surface area contributed by atoms with Gasteiger partial charge in [0.2, 0.25) is 5.91 Å². The van der Waals surface area contributed by atoms with E-state index in [1.807, 2.05) is 17.5 Å². The van der Waals surface area contributed by atoms with Crippen LogP contribution in [0.25, 0.3) is 11.3 Å². The van der Waals surface area contributed by atoms with Gasteiger partial charge in [-0.05, 0) is 43.3 Å². The second-order valence-corrected chi connectivity index (χ2v) is 8.98. The van der Waals surface area contributed by atoms with Crippen molar-refractivity contribution in [3.63, 3.8) is 0 Å². The monoisotopic (exact) mass is 501 g/mol.